The smallest absolute Gasteiger partial charge is 0.239 e. The van der Waals surface area contributed by atoms with Crippen LogP contribution < -0.4 is 10.6 Å². The summed E-state index contributed by atoms with van der Waals surface area (Å²) < 4.78 is 0. The Hall–Kier alpha value is -1.84. The molecular weight excluding hydrogens is 192 g/mol. The summed E-state index contributed by atoms with van der Waals surface area (Å²) in [6.45, 7) is 1.73. The van der Waals surface area contributed by atoms with Gasteiger partial charge >= 0.3 is 0 Å². The largest absolute Gasteiger partial charge is 0.376 e. The van der Waals surface area contributed by atoms with Gasteiger partial charge in [-0.05, 0) is 19.1 Å². The fourth-order valence-corrected chi connectivity index (χ4v) is 1.06. The van der Waals surface area contributed by atoms with E-state index in [1.54, 1.807) is 13.2 Å². The van der Waals surface area contributed by atoms with Gasteiger partial charge in [-0.1, -0.05) is 18.2 Å². The minimum absolute atomic E-state index is 0.149. The van der Waals surface area contributed by atoms with Crippen molar-refractivity contribution in [3.63, 3.8) is 0 Å². The number of amides is 1. The second-order valence-electron chi connectivity index (χ2n) is 3.13. The number of anilines is 1. The molecule has 15 heavy (non-hydrogen) atoms. The van der Waals surface area contributed by atoms with Crippen molar-refractivity contribution in [3.05, 3.63) is 30.3 Å². The summed E-state index contributed by atoms with van der Waals surface area (Å²) in [5, 5.41) is 5.41. The molecule has 0 aliphatic rings. The molecule has 0 aromatic heterocycles. The van der Waals surface area contributed by atoms with Gasteiger partial charge in [0.1, 0.15) is 0 Å². The molecule has 0 heterocycles. The molecule has 2 N–H and O–H groups in total. The summed E-state index contributed by atoms with van der Waals surface area (Å²) in [5.74, 6) is -0.227. The minimum Gasteiger partial charge on any atom is -0.376 e. The van der Waals surface area contributed by atoms with Gasteiger partial charge in [0.25, 0.3) is 0 Å². The summed E-state index contributed by atoms with van der Waals surface area (Å²) in [7, 11) is 0. The van der Waals surface area contributed by atoms with Crippen LogP contribution in [0.15, 0.2) is 30.3 Å². The molecule has 79 valence electrons. The molecule has 0 saturated carbocycles. The van der Waals surface area contributed by atoms with Crippen molar-refractivity contribution in [1.82, 2.24) is 5.32 Å². The Kier molecular flexibility index (Phi) is 4.34. The van der Waals surface area contributed by atoms with E-state index in [0.29, 0.717) is 0 Å². The number of carbonyl (C=O) groups excluding carboxylic acids is 2. The zero-order valence-electron chi connectivity index (χ0n) is 8.49. The van der Waals surface area contributed by atoms with Gasteiger partial charge in [-0.3, -0.25) is 9.59 Å². The summed E-state index contributed by atoms with van der Waals surface area (Å²) in [5.41, 5.74) is 0.871. The zero-order valence-corrected chi connectivity index (χ0v) is 8.49. The molecule has 4 heteroatoms. The number of benzene rings is 1. The van der Waals surface area contributed by atoms with Crippen LogP contribution in [0, 0.1) is 0 Å². The highest BCUT2D eigenvalue weighted by atomic mass is 16.2. The number of rotatable bonds is 5. The monoisotopic (exact) mass is 205 g/mol. The average molecular weight is 205 g/mol. The van der Waals surface area contributed by atoms with Gasteiger partial charge < -0.3 is 10.6 Å². The lowest BCUT2D eigenvalue weighted by atomic mass is 10.3. The molecule has 0 unspecified atom stereocenters. The Morgan fingerprint density at radius 1 is 1.40 bits per heavy atom. The van der Waals surface area contributed by atoms with Crippen LogP contribution in [0.2, 0.25) is 0 Å². The van der Waals surface area contributed by atoms with Gasteiger partial charge in [-0.15, -0.1) is 0 Å². The van der Waals surface area contributed by atoms with E-state index in [2.05, 4.69) is 10.6 Å². The van der Waals surface area contributed by atoms with Crippen molar-refractivity contribution in [3.8, 4) is 0 Å². The Morgan fingerprint density at radius 2 is 2.07 bits per heavy atom. The van der Waals surface area contributed by atoms with Crippen molar-refractivity contribution in [2.75, 3.05) is 11.9 Å². The van der Waals surface area contributed by atoms with Crippen LogP contribution in [-0.2, 0) is 9.59 Å². The zero-order chi connectivity index (χ0) is 11.1. The van der Waals surface area contributed by atoms with Crippen LogP contribution >= 0.6 is 0 Å². The van der Waals surface area contributed by atoms with Gasteiger partial charge in [0.05, 0.1) is 12.6 Å². The second kappa shape index (κ2) is 5.80. The maximum atomic E-state index is 11.2. The number of hydrogen-bond donors (Lipinski definition) is 2. The molecule has 0 aliphatic heterocycles. The van der Waals surface area contributed by atoms with Gasteiger partial charge in [-0.25, -0.2) is 0 Å². The van der Waals surface area contributed by atoms with E-state index in [0.717, 1.165) is 5.69 Å². The third-order valence-electron chi connectivity index (χ3n) is 1.78. The van der Waals surface area contributed by atoms with Gasteiger partial charge in [0.2, 0.25) is 12.2 Å². The average Bonchev–Trinajstić information content (AvgIpc) is 2.27. The number of carbonyl (C=O) groups is 1. The highest BCUT2D eigenvalue weighted by molar-refractivity contribution is 5.83. The molecule has 1 aromatic rings. The third kappa shape index (κ3) is 4.26. The maximum absolute atomic E-state index is 11.2. The van der Waals surface area contributed by atoms with Crippen LogP contribution in [0.3, 0.4) is 0 Å². The van der Waals surface area contributed by atoms with E-state index < -0.39 is 6.04 Å². The first-order valence-corrected chi connectivity index (χ1v) is 4.68. The van der Waals surface area contributed by atoms with E-state index in [4.69, 9.17) is 0 Å². The molecule has 1 atom stereocenters. The first-order chi connectivity index (χ1) is 7.22. The molecule has 0 bridgehead atoms. The van der Waals surface area contributed by atoms with Gasteiger partial charge in [0, 0.05) is 5.69 Å². The Bertz CT molecular complexity index is 325. The van der Waals surface area contributed by atoms with Gasteiger partial charge in [0.15, 0.2) is 0 Å². The summed E-state index contributed by atoms with van der Waals surface area (Å²) >= 11 is 0. The number of nitrogens with one attached hydrogen (secondary N) is 2. The fourth-order valence-electron chi connectivity index (χ4n) is 1.06. The minimum atomic E-state index is -0.560. The molecule has 4 nitrogen and oxygen atoms in total. The van der Waals surface area contributed by atoms with Crippen LogP contribution in [0.4, 0.5) is 5.69 Å². The first kappa shape index (κ1) is 11.2. The highest BCUT2D eigenvalue weighted by Gasteiger charge is 2.05. The van der Waals surface area contributed by atoms with Crippen molar-refractivity contribution in [2.24, 2.45) is 0 Å². The molecule has 1 rings (SSSR count). The lowest BCUT2D eigenvalue weighted by Crippen LogP contribution is -2.37. The molecule has 1 amide bonds. The molecule has 0 fully saturated rings. The van der Waals surface area contributed by atoms with Crippen molar-refractivity contribution in [1.29, 1.82) is 0 Å². The SMILES string of the molecule is C[C@H]([C]=O)NC(=O)CNc1ccccc1. The van der Waals surface area contributed by atoms with E-state index in [1.807, 2.05) is 30.3 Å². The van der Waals surface area contributed by atoms with E-state index in [9.17, 15) is 9.59 Å². The second-order valence-corrected chi connectivity index (χ2v) is 3.13. The highest BCUT2D eigenvalue weighted by Crippen LogP contribution is 2.03. The van der Waals surface area contributed by atoms with E-state index >= 15 is 0 Å². The predicted molar refractivity (Wildman–Crippen MR) is 58.2 cm³/mol. The van der Waals surface area contributed by atoms with E-state index in [1.165, 1.54) is 0 Å². The number of hydrogen-bond acceptors (Lipinski definition) is 3. The Balaban J connectivity index is 2.31. The summed E-state index contributed by atoms with van der Waals surface area (Å²) in [6, 6.07) is 8.82. The van der Waals surface area contributed by atoms with Crippen molar-refractivity contribution in [2.45, 2.75) is 13.0 Å². The van der Waals surface area contributed by atoms with Crippen LogP contribution in [0.5, 0.6) is 0 Å². The van der Waals surface area contributed by atoms with Crippen LogP contribution in [0.25, 0.3) is 0 Å². The molecule has 0 aliphatic carbocycles. The van der Waals surface area contributed by atoms with Crippen molar-refractivity contribution < 1.29 is 9.59 Å². The summed E-state index contributed by atoms with van der Waals surface area (Å²) in [6.07, 6.45) is 1.68. The quantitative estimate of drug-likeness (QED) is 0.744. The van der Waals surface area contributed by atoms with Gasteiger partial charge in [-0.2, -0.15) is 0 Å². The summed E-state index contributed by atoms with van der Waals surface area (Å²) in [4.78, 5) is 21.4. The standard InChI is InChI=1S/C11H13N2O2/c1-9(8-14)13-11(15)7-12-10-5-3-2-4-6-10/h2-6,9,12H,7H2,1H3,(H,13,15)/t9-/m1/s1. The molecule has 0 saturated heterocycles. The van der Waals surface area contributed by atoms with E-state index in [-0.39, 0.29) is 12.5 Å². The van der Waals surface area contributed by atoms with Crippen LogP contribution in [0.1, 0.15) is 6.92 Å². The molecule has 1 aromatic carbocycles. The molecule has 1 radical (unpaired) electrons. The predicted octanol–water partition coefficient (Wildman–Crippen LogP) is 0.713. The fraction of sp³-hybridized carbons (Fsp3) is 0.273. The molecule has 0 spiro atoms. The topological polar surface area (TPSA) is 58.2 Å². The van der Waals surface area contributed by atoms with Crippen molar-refractivity contribution >= 4 is 17.9 Å². The first-order valence-electron chi connectivity index (χ1n) is 4.68. The number of para-hydroxylation sites is 1. The normalized spacial score (nSPS) is 11.5. The lowest BCUT2D eigenvalue weighted by molar-refractivity contribution is -0.119. The molecular formula is C11H13N2O2. The Labute approximate surface area is 88.7 Å². The third-order valence-corrected chi connectivity index (χ3v) is 1.78. The maximum Gasteiger partial charge on any atom is 0.239 e. The Morgan fingerprint density at radius 3 is 2.67 bits per heavy atom. The van der Waals surface area contributed by atoms with Crippen LogP contribution in [-0.4, -0.2) is 24.8 Å². The lowest BCUT2D eigenvalue weighted by Gasteiger charge is -2.08.